The molecule has 1 N–H and O–H groups in total. The first-order valence-electron chi connectivity index (χ1n) is 6.41. The monoisotopic (exact) mass is 306 g/mol. The summed E-state index contributed by atoms with van der Waals surface area (Å²) in [5, 5.41) is 9.55. The van der Waals surface area contributed by atoms with E-state index >= 15 is 0 Å². The Morgan fingerprint density at radius 3 is 2.38 bits per heavy atom. The molecular weight excluding hydrogens is 292 g/mol. The first kappa shape index (κ1) is 15.2. The molecule has 5 heteroatoms. The minimum atomic E-state index is -0.948. The van der Waals surface area contributed by atoms with Crippen LogP contribution in [0.5, 0.6) is 11.5 Å². The zero-order valence-electron chi connectivity index (χ0n) is 11.5. The Morgan fingerprint density at radius 2 is 1.76 bits per heavy atom. The van der Waals surface area contributed by atoms with Crippen LogP contribution >= 0.6 is 11.6 Å². The number of aromatic carboxylic acids is 1. The molecule has 0 spiro atoms. The highest BCUT2D eigenvalue weighted by Gasteiger charge is 2.06. The highest BCUT2D eigenvalue weighted by molar-refractivity contribution is 6.30. The van der Waals surface area contributed by atoms with Gasteiger partial charge in [0.15, 0.2) is 0 Å². The van der Waals surface area contributed by atoms with Crippen molar-refractivity contribution in [3.05, 3.63) is 58.6 Å². The van der Waals surface area contributed by atoms with Crippen molar-refractivity contribution in [2.45, 2.75) is 6.92 Å². The van der Waals surface area contributed by atoms with Gasteiger partial charge in [-0.1, -0.05) is 11.6 Å². The Hall–Kier alpha value is -2.20. The smallest absolute Gasteiger partial charge is 0.335 e. The molecule has 4 nitrogen and oxygen atoms in total. The van der Waals surface area contributed by atoms with Crippen LogP contribution in [0.25, 0.3) is 0 Å². The van der Waals surface area contributed by atoms with Crippen LogP contribution in [0, 0.1) is 6.92 Å². The molecule has 0 saturated heterocycles. The third-order valence-electron chi connectivity index (χ3n) is 2.85. The van der Waals surface area contributed by atoms with E-state index in [1.807, 2.05) is 6.92 Å². The maximum Gasteiger partial charge on any atom is 0.335 e. The molecule has 0 radical (unpaired) electrons. The Labute approximate surface area is 127 Å². The van der Waals surface area contributed by atoms with Crippen LogP contribution < -0.4 is 9.47 Å². The number of benzene rings is 2. The van der Waals surface area contributed by atoms with E-state index in [-0.39, 0.29) is 5.56 Å². The van der Waals surface area contributed by atoms with Gasteiger partial charge in [0, 0.05) is 5.02 Å². The lowest BCUT2D eigenvalue weighted by Crippen LogP contribution is -2.10. The summed E-state index contributed by atoms with van der Waals surface area (Å²) in [6, 6.07) is 11.8. The van der Waals surface area contributed by atoms with Gasteiger partial charge in [0.05, 0.1) is 5.56 Å². The van der Waals surface area contributed by atoms with E-state index in [1.165, 1.54) is 6.07 Å². The third-order valence-corrected chi connectivity index (χ3v) is 3.10. The summed E-state index contributed by atoms with van der Waals surface area (Å²) in [4.78, 5) is 10.8. The van der Waals surface area contributed by atoms with E-state index in [9.17, 15) is 4.79 Å². The molecule has 2 rings (SSSR count). The molecule has 21 heavy (non-hydrogen) atoms. The number of rotatable bonds is 6. The number of carboxylic acid groups (broad SMARTS) is 1. The molecule has 0 bridgehead atoms. The minimum absolute atomic E-state index is 0.247. The molecule has 0 aliphatic heterocycles. The van der Waals surface area contributed by atoms with Crippen molar-refractivity contribution in [3.8, 4) is 11.5 Å². The molecule has 0 saturated carbocycles. The minimum Gasteiger partial charge on any atom is -0.490 e. The summed E-state index contributed by atoms with van der Waals surface area (Å²) in [6.45, 7) is 2.57. The highest BCUT2D eigenvalue weighted by Crippen LogP contribution is 2.19. The van der Waals surface area contributed by atoms with E-state index in [1.54, 1.807) is 36.4 Å². The predicted octanol–water partition coefficient (Wildman–Crippen LogP) is 3.80. The summed E-state index contributed by atoms with van der Waals surface area (Å²) in [5.41, 5.74) is 1.03. The van der Waals surface area contributed by atoms with Crippen LogP contribution in [0.4, 0.5) is 0 Å². The van der Waals surface area contributed by atoms with Crippen LogP contribution in [0.1, 0.15) is 15.9 Å². The van der Waals surface area contributed by atoms with Gasteiger partial charge in [0.1, 0.15) is 24.7 Å². The van der Waals surface area contributed by atoms with E-state index < -0.39 is 5.97 Å². The van der Waals surface area contributed by atoms with Gasteiger partial charge >= 0.3 is 5.97 Å². The van der Waals surface area contributed by atoms with Crippen molar-refractivity contribution in [2.24, 2.45) is 0 Å². The second-order valence-corrected chi connectivity index (χ2v) is 4.87. The number of aryl methyl sites for hydroxylation is 1. The van der Waals surface area contributed by atoms with Gasteiger partial charge in [0.25, 0.3) is 0 Å². The van der Waals surface area contributed by atoms with Gasteiger partial charge in [-0.2, -0.15) is 0 Å². The second kappa shape index (κ2) is 6.99. The fourth-order valence-electron chi connectivity index (χ4n) is 1.79. The van der Waals surface area contributed by atoms with Gasteiger partial charge in [-0.25, -0.2) is 4.79 Å². The number of hydrogen-bond acceptors (Lipinski definition) is 3. The Bertz CT molecular complexity index is 623. The molecule has 2 aromatic rings. The van der Waals surface area contributed by atoms with Crippen LogP contribution in [0.15, 0.2) is 42.5 Å². The molecule has 0 atom stereocenters. The summed E-state index contributed by atoms with van der Waals surface area (Å²) < 4.78 is 11.1. The Balaban J connectivity index is 1.83. The largest absolute Gasteiger partial charge is 0.490 e. The topological polar surface area (TPSA) is 55.8 Å². The van der Waals surface area contributed by atoms with Gasteiger partial charge in [-0.05, 0) is 55.0 Å². The normalized spacial score (nSPS) is 10.2. The molecule has 0 unspecified atom stereocenters. The van der Waals surface area contributed by atoms with Crippen LogP contribution in [0.2, 0.25) is 5.02 Å². The molecular formula is C16H15ClO4. The summed E-state index contributed by atoms with van der Waals surface area (Å²) in [6.07, 6.45) is 0. The third kappa shape index (κ3) is 4.39. The van der Waals surface area contributed by atoms with Gasteiger partial charge in [-0.3, -0.25) is 0 Å². The average Bonchev–Trinajstić information content (AvgIpc) is 2.46. The molecule has 0 amide bonds. The first-order valence-corrected chi connectivity index (χ1v) is 6.79. The fourth-order valence-corrected chi connectivity index (χ4v) is 1.91. The average molecular weight is 307 g/mol. The summed E-state index contributed by atoms with van der Waals surface area (Å²) >= 11 is 5.78. The van der Waals surface area contributed by atoms with Gasteiger partial charge in [-0.15, -0.1) is 0 Å². The van der Waals surface area contributed by atoms with Crippen molar-refractivity contribution >= 4 is 17.6 Å². The molecule has 0 aromatic heterocycles. The zero-order valence-corrected chi connectivity index (χ0v) is 12.3. The van der Waals surface area contributed by atoms with Crippen LogP contribution in [0.3, 0.4) is 0 Å². The molecule has 0 aliphatic carbocycles. The number of ether oxygens (including phenoxy) is 2. The number of carbonyl (C=O) groups is 1. The Kier molecular flexibility index (Phi) is 5.06. The highest BCUT2D eigenvalue weighted by atomic mass is 35.5. The van der Waals surface area contributed by atoms with Gasteiger partial charge < -0.3 is 14.6 Å². The molecule has 110 valence electrons. The molecule has 0 aliphatic rings. The fraction of sp³-hybridized carbons (Fsp3) is 0.188. The molecule has 0 heterocycles. The van der Waals surface area contributed by atoms with Crippen LogP contribution in [-0.2, 0) is 0 Å². The van der Waals surface area contributed by atoms with Crippen molar-refractivity contribution in [1.82, 2.24) is 0 Å². The van der Waals surface area contributed by atoms with E-state index in [0.29, 0.717) is 24.0 Å². The maximum atomic E-state index is 10.8. The lowest BCUT2D eigenvalue weighted by molar-refractivity contribution is 0.0696. The zero-order chi connectivity index (χ0) is 15.2. The predicted molar refractivity (Wildman–Crippen MR) is 80.6 cm³/mol. The Morgan fingerprint density at radius 1 is 1.10 bits per heavy atom. The van der Waals surface area contributed by atoms with Crippen molar-refractivity contribution in [3.63, 3.8) is 0 Å². The summed E-state index contributed by atoms with van der Waals surface area (Å²) in [7, 11) is 0. The number of hydrogen-bond donors (Lipinski definition) is 1. The van der Waals surface area contributed by atoms with Crippen LogP contribution in [-0.4, -0.2) is 24.3 Å². The number of halogens is 1. The van der Waals surface area contributed by atoms with E-state index in [2.05, 4.69) is 0 Å². The van der Waals surface area contributed by atoms with Gasteiger partial charge in [0.2, 0.25) is 0 Å². The van der Waals surface area contributed by atoms with E-state index in [0.717, 1.165) is 11.3 Å². The van der Waals surface area contributed by atoms with Crippen molar-refractivity contribution in [1.29, 1.82) is 0 Å². The molecule has 2 aromatic carbocycles. The summed E-state index contributed by atoms with van der Waals surface area (Å²) in [5.74, 6) is 0.427. The van der Waals surface area contributed by atoms with Crippen molar-refractivity contribution in [2.75, 3.05) is 13.2 Å². The lowest BCUT2D eigenvalue weighted by Gasteiger charge is -2.11. The molecule has 0 fully saturated rings. The second-order valence-electron chi connectivity index (χ2n) is 4.44. The SMILES string of the molecule is Cc1cc(C(=O)O)ccc1OCCOc1ccc(Cl)cc1. The maximum absolute atomic E-state index is 10.8. The van der Waals surface area contributed by atoms with Crippen molar-refractivity contribution < 1.29 is 19.4 Å². The lowest BCUT2D eigenvalue weighted by atomic mass is 10.1. The quantitative estimate of drug-likeness (QED) is 0.825. The standard InChI is InChI=1S/C16H15ClO4/c1-11-10-12(16(18)19)2-7-15(11)21-9-8-20-14-5-3-13(17)4-6-14/h2-7,10H,8-9H2,1H3,(H,18,19). The first-order chi connectivity index (χ1) is 10.1. The van der Waals surface area contributed by atoms with E-state index in [4.69, 9.17) is 26.2 Å². The number of carboxylic acids is 1.